The number of hydrogen-bond acceptors (Lipinski definition) is 2. The van der Waals surface area contributed by atoms with Gasteiger partial charge in [-0.2, -0.15) is 0 Å². The lowest BCUT2D eigenvalue weighted by Gasteiger charge is -2.39. The van der Waals surface area contributed by atoms with E-state index in [4.69, 9.17) is 20.2 Å². The molecule has 0 aromatic heterocycles. The number of rotatable bonds is 5. The van der Waals surface area contributed by atoms with Gasteiger partial charge in [-0.25, -0.2) is 0 Å². The first-order valence-corrected chi connectivity index (χ1v) is 7.54. The summed E-state index contributed by atoms with van der Waals surface area (Å²) < 4.78 is 6.07. The predicted octanol–water partition coefficient (Wildman–Crippen LogP) is 1.76. The topological polar surface area (TPSA) is 12.5 Å². The van der Waals surface area contributed by atoms with Crippen LogP contribution in [0.15, 0.2) is 0 Å². The summed E-state index contributed by atoms with van der Waals surface area (Å²) in [5, 5.41) is 0. The Balaban J connectivity index is 1.79. The second-order valence-corrected chi connectivity index (χ2v) is 6.01. The molecule has 0 N–H and O–H groups in total. The van der Waals surface area contributed by atoms with Crippen molar-refractivity contribution in [1.82, 2.24) is 4.81 Å². The highest BCUT2D eigenvalue weighted by Gasteiger charge is 2.39. The molecular formula is C13H24B3NO. The van der Waals surface area contributed by atoms with Crippen LogP contribution in [0.25, 0.3) is 0 Å². The summed E-state index contributed by atoms with van der Waals surface area (Å²) in [6, 6.07) is 0. The summed E-state index contributed by atoms with van der Waals surface area (Å²) in [5.41, 5.74) is 0.241. The van der Waals surface area contributed by atoms with Crippen LogP contribution in [-0.4, -0.2) is 52.2 Å². The normalized spacial score (nSPS) is 26.9. The zero-order valence-electron chi connectivity index (χ0n) is 11.7. The molecule has 1 unspecified atom stereocenters. The Bertz CT molecular complexity index is 257. The Morgan fingerprint density at radius 1 is 1.33 bits per heavy atom. The fourth-order valence-corrected chi connectivity index (χ4v) is 3.61. The fraction of sp³-hybridized carbons (Fsp3) is 1.00. The minimum absolute atomic E-state index is 0.241. The first-order chi connectivity index (χ1) is 8.65. The molecule has 2 rings (SSSR count). The van der Waals surface area contributed by atoms with Gasteiger partial charge in [0.25, 0.3) is 0 Å². The summed E-state index contributed by atoms with van der Waals surface area (Å²) in [4.78, 5) is 2.15. The lowest BCUT2D eigenvalue weighted by molar-refractivity contribution is -0.0939. The van der Waals surface area contributed by atoms with Crippen LogP contribution in [0.5, 0.6) is 0 Å². The molecule has 0 aromatic rings. The van der Waals surface area contributed by atoms with Crippen LogP contribution in [0.3, 0.4) is 0 Å². The largest absolute Gasteiger partial charge is 0.375 e. The number of ether oxygens (including phenoxy) is 1. The van der Waals surface area contributed by atoms with Gasteiger partial charge < -0.3 is 9.55 Å². The molecule has 0 bridgehead atoms. The second-order valence-electron chi connectivity index (χ2n) is 6.01. The van der Waals surface area contributed by atoms with Crippen LogP contribution in [-0.2, 0) is 4.74 Å². The summed E-state index contributed by atoms with van der Waals surface area (Å²) in [6.45, 7) is 4.72. The zero-order valence-corrected chi connectivity index (χ0v) is 11.7. The third kappa shape index (κ3) is 3.57. The van der Waals surface area contributed by atoms with Gasteiger partial charge in [0.1, 0.15) is 6.63 Å². The molecule has 0 amide bonds. The monoisotopic (exact) mass is 243 g/mol. The third-order valence-corrected chi connectivity index (χ3v) is 4.76. The molecule has 18 heavy (non-hydrogen) atoms. The van der Waals surface area contributed by atoms with Crippen LogP contribution in [0.4, 0.5) is 0 Å². The van der Waals surface area contributed by atoms with Crippen LogP contribution in [0.1, 0.15) is 51.9 Å². The van der Waals surface area contributed by atoms with E-state index in [1.54, 1.807) is 0 Å². The van der Waals surface area contributed by atoms with Gasteiger partial charge >= 0.3 is 0 Å². The van der Waals surface area contributed by atoms with Crippen molar-refractivity contribution in [3.63, 3.8) is 0 Å². The zero-order chi connectivity index (χ0) is 13.0. The van der Waals surface area contributed by atoms with Gasteiger partial charge in [-0.3, -0.25) is 0 Å². The highest BCUT2D eigenvalue weighted by atomic mass is 16.5. The van der Waals surface area contributed by atoms with E-state index >= 15 is 0 Å². The molecular weight excluding hydrogens is 219 g/mol. The molecule has 1 spiro atoms. The molecule has 1 saturated heterocycles. The van der Waals surface area contributed by atoms with Gasteiger partial charge in [0.15, 0.2) is 0 Å². The van der Waals surface area contributed by atoms with E-state index in [0.29, 0.717) is 0 Å². The van der Waals surface area contributed by atoms with Crippen molar-refractivity contribution in [1.29, 1.82) is 0 Å². The molecule has 5 heteroatoms. The molecule has 2 fully saturated rings. The van der Waals surface area contributed by atoms with Crippen LogP contribution in [0, 0.1) is 5.92 Å². The maximum Gasteiger partial charge on any atom is 0.120 e. The van der Waals surface area contributed by atoms with Gasteiger partial charge in [0.2, 0.25) is 0 Å². The van der Waals surface area contributed by atoms with Crippen molar-refractivity contribution in [2.75, 3.05) is 19.7 Å². The van der Waals surface area contributed by atoms with Crippen molar-refractivity contribution in [3.8, 4) is 0 Å². The molecule has 1 atom stereocenters. The van der Waals surface area contributed by atoms with Crippen molar-refractivity contribution in [2.24, 2.45) is 5.92 Å². The summed E-state index contributed by atoms with van der Waals surface area (Å²) in [5.74, 6) is 0.796. The molecule has 1 saturated carbocycles. The second kappa shape index (κ2) is 6.52. The highest BCUT2D eigenvalue weighted by Crippen LogP contribution is 2.42. The maximum absolute atomic E-state index is 6.07. The van der Waals surface area contributed by atoms with E-state index in [9.17, 15) is 0 Å². The van der Waals surface area contributed by atoms with Gasteiger partial charge in [0, 0.05) is 22.1 Å². The van der Waals surface area contributed by atoms with Gasteiger partial charge in [-0.15, -0.1) is 0 Å². The molecule has 1 aliphatic heterocycles. The summed E-state index contributed by atoms with van der Waals surface area (Å²) in [7, 11) is 11.5. The summed E-state index contributed by atoms with van der Waals surface area (Å²) >= 11 is 0. The van der Waals surface area contributed by atoms with Gasteiger partial charge in [-0.1, -0.05) is 19.8 Å². The smallest absolute Gasteiger partial charge is 0.120 e. The first-order valence-electron chi connectivity index (χ1n) is 7.54. The van der Waals surface area contributed by atoms with Gasteiger partial charge in [0.05, 0.1) is 5.60 Å². The van der Waals surface area contributed by atoms with Crippen LogP contribution < -0.4 is 0 Å². The van der Waals surface area contributed by atoms with Crippen molar-refractivity contribution in [2.45, 2.75) is 57.5 Å². The SMILES string of the molecule is [B]B([B])N(CC)CCC1CCOC2(CCCC2)C1. The Hall–Kier alpha value is 0.115. The predicted molar refractivity (Wildman–Crippen MR) is 79.0 cm³/mol. The van der Waals surface area contributed by atoms with E-state index in [0.717, 1.165) is 25.6 Å². The summed E-state index contributed by atoms with van der Waals surface area (Å²) in [6.07, 6.45) is 8.92. The Morgan fingerprint density at radius 3 is 2.67 bits per heavy atom. The lowest BCUT2D eigenvalue weighted by atomic mass is 9.26. The van der Waals surface area contributed by atoms with E-state index in [1.807, 2.05) is 0 Å². The maximum atomic E-state index is 6.07. The lowest BCUT2D eigenvalue weighted by Crippen LogP contribution is -2.43. The molecule has 96 valence electrons. The van der Waals surface area contributed by atoms with Crippen LogP contribution >= 0.6 is 0 Å². The number of hydrogen-bond donors (Lipinski definition) is 0. The molecule has 1 heterocycles. The Morgan fingerprint density at radius 2 is 2.06 bits per heavy atom. The average Bonchev–Trinajstić information content (AvgIpc) is 2.78. The molecule has 1 aliphatic carbocycles. The van der Waals surface area contributed by atoms with E-state index in [-0.39, 0.29) is 12.2 Å². The van der Waals surface area contributed by atoms with Crippen molar-refractivity contribution in [3.05, 3.63) is 0 Å². The quantitative estimate of drug-likeness (QED) is 0.682. The van der Waals surface area contributed by atoms with Crippen molar-refractivity contribution >= 4 is 22.1 Å². The average molecular weight is 243 g/mol. The van der Waals surface area contributed by atoms with Crippen LogP contribution in [0.2, 0.25) is 0 Å². The Kier molecular flexibility index (Phi) is 5.26. The van der Waals surface area contributed by atoms with E-state index < -0.39 is 0 Å². The number of nitrogens with zero attached hydrogens (tertiary/aromatic N) is 1. The molecule has 2 nitrogen and oxygen atoms in total. The fourth-order valence-electron chi connectivity index (χ4n) is 3.61. The minimum atomic E-state index is -0.310. The Labute approximate surface area is 115 Å². The molecule has 0 aromatic carbocycles. The highest BCUT2D eigenvalue weighted by molar-refractivity contribution is 7.27. The first kappa shape index (κ1) is 14.5. The molecule has 2 aliphatic rings. The van der Waals surface area contributed by atoms with Crippen molar-refractivity contribution < 1.29 is 4.74 Å². The third-order valence-electron chi connectivity index (χ3n) is 4.76. The van der Waals surface area contributed by atoms with E-state index in [2.05, 4.69) is 11.7 Å². The van der Waals surface area contributed by atoms with E-state index in [1.165, 1.54) is 44.9 Å². The molecule has 4 radical (unpaired) electrons. The van der Waals surface area contributed by atoms with Gasteiger partial charge in [-0.05, 0) is 51.1 Å². The minimum Gasteiger partial charge on any atom is -0.375 e. The standard InChI is InChI=1S/C13H24B3NO/c1-2-17(16(14)15)9-5-12-6-10-18-13(11-12)7-3-4-8-13/h12H,2-11H2,1H3.